The van der Waals surface area contributed by atoms with Gasteiger partial charge in [0.05, 0.1) is 0 Å². The van der Waals surface area contributed by atoms with E-state index >= 15 is 0 Å². The summed E-state index contributed by atoms with van der Waals surface area (Å²) in [5.74, 6) is 8.99. The topological polar surface area (TPSA) is 40.5 Å². The first kappa shape index (κ1) is 43.1. The molecule has 2 nitrogen and oxygen atoms in total. The molecule has 0 spiro atoms. The van der Waals surface area contributed by atoms with Crippen LogP contribution in [0.5, 0.6) is 11.5 Å². The lowest BCUT2D eigenvalue weighted by Gasteiger charge is -2.51. The fourth-order valence-electron chi connectivity index (χ4n) is 15.1. The van der Waals surface area contributed by atoms with Crippen molar-refractivity contribution in [2.45, 2.75) is 168 Å². The molecule has 57 heavy (non-hydrogen) atoms. The normalized spacial score (nSPS) is 37.0. The molecule has 0 aromatic heterocycles. The monoisotopic (exact) mass is 884 g/mol. The predicted molar refractivity (Wildman–Crippen MR) is 250 cm³/mol. The second-order valence-electron chi connectivity index (χ2n) is 20.7. The summed E-state index contributed by atoms with van der Waals surface area (Å²) in [6.45, 7) is 25.0. The van der Waals surface area contributed by atoms with Gasteiger partial charge in [-0.1, -0.05) is 103 Å². The van der Waals surface area contributed by atoms with Crippen molar-refractivity contribution in [3.8, 4) is 11.5 Å². The van der Waals surface area contributed by atoms with Crippen molar-refractivity contribution in [1.82, 2.24) is 0 Å². The van der Waals surface area contributed by atoms with Gasteiger partial charge >= 0.3 is 0 Å². The summed E-state index contributed by atoms with van der Waals surface area (Å²) in [7, 11) is 0. The molecule has 7 aliphatic rings. The molecule has 0 saturated heterocycles. The lowest BCUT2D eigenvalue weighted by molar-refractivity contribution is 0.0374. The Bertz CT molecular complexity index is 1770. The van der Waals surface area contributed by atoms with E-state index in [2.05, 4.69) is 89.1 Å². The largest absolute Gasteiger partial charge is 0.508 e. The fourth-order valence-corrected chi connectivity index (χ4v) is 16.1. The average Bonchev–Trinajstić information content (AvgIpc) is 3.89. The highest BCUT2D eigenvalue weighted by atomic mass is 127. The molecule has 0 amide bonds. The molecule has 12 atom stereocenters. The van der Waals surface area contributed by atoms with Gasteiger partial charge in [-0.3, -0.25) is 0 Å². The van der Waals surface area contributed by atoms with Crippen LogP contribution in [0.4, 0.5) is 0 Å². The molecule has 9 rings (SSSR count). The zero-order valence-corrected chi connectivity index (χ0v) is 38.7. The molecule has 5 fully saturated rings. The number of aromatic hydroxyl groups is 2. The smallest absolute Gasteiger partial charge is 0.115 e. The van der Waals surface area contributed by atoms with Gasteiger partial charge in [-0.25, -0.2) is 0 Å². The number of allylic oxidation sites excluding steroid dienone is 3. The first-order chi connectivity index (χ1) is 27.3. The highest BCUT2D eigenvalue weighted by molar-refractivity contribution is 14.1. The molecule has 6 unspecified atom stereocenters. The van der Waals surface area contributed by atoms with E-state index in [1.807, 2.05) is 24.3 Å². The average molecular weight is 885 g/mol. The quantitative estimate of drug-likeness (QED) is 0.215. The third-order valence-electron chi connectivity index (χ3n) is 17.8. The first-order valence-corrected chi connectivity index (χ1v) is 24.7. The number of aryl methyl sites for hydroxylation is 2. The van der Waals surface area contributed by atoms with Gasteiger partial charge in [-0.15, -0.1) is 0 Å². The SMILES string of the molecule is C=C(CCC)[C@H]1CCC2C3CCc4cc(O)ccc4C3CC[C@@]21C.C=C(CCC)[C@H]1CCC[C@H]1C.C=C(I)[C@H]1CCC2C3CCc4cc(O)ccc4C3CC[C@@]21C. The highest BCUT2D eigenvalue weighted by Gasteiger charge is 2.56. The number of phenols is 2. The van der Waals surface area contributed by atoms with Crippen LogP contribution in [-0.2, 0) is 12.8 Å². The van der Waals surface area contributed by atoms with Crippen molar-refractivity contribution in [2.24, 2.45) is 58.2 Å². The molecule has 0 heterocycles. The third-order valence-corrected chi connectivity index (χ3v) is 18.6. The van der Waals surface area contributed by atoms with Gasteiger partial charge in [0.1, 0.15) is 11.5 Å². The minimum Gasteiger partial charge on any atom is -0.508 e. The number of phenolic OH excluding ortho intramolecular Hbond substituents is 2. The summed E-state index contributed by atoms with van der Waals surface area (Å²) >= 11 is 2.47. The Morgan fingerprint density at radius 2 is 1.14 bits per heavy atom. The van der Waals surface area contributed by atoms with E-state index in [0.717, 1.165) is 72.0 Å². The summed E-state index contributed by atoms with van der Waals surface area (Å²) in [5.41, 5.74) is 9.90. The van der Waals surface area contributed by atoms with Gasteiger partial charge < -0.3 is 10.2 Å². The summed E-state index contributed by atoms with van der Waals surface area (Å²) in [5, 5.41) is 19.6. The van der Waals surface area contributed by atoms with Gasteiger partial charge in [0.25, 0.3) is 0 Å². The maximum atomic E-state index is 9.81. The third kappa shape index (κ3) is 8.38. The van der Waals surface area contributed by atoms with E-state index in [4.69, 9.17) is 0 Å². The molecular formula is C54H77IO2. The van der Waals surface area contributed by atoms with Crippen LogP contribution >= 0.6 is 22.6 Å². The van der Waals surface area contributed by atoms with Gasteiger partial charge in [0.2, 0.25) is 0 Å². The van der Waals surface area contributed by atoms with Crippen molar-refractivity contribution in [1.29, 1.82) is 0 Å². The second kappa shape index (κ2) is 17.9. The Morgan fingerprint density at radius 3 is 1.61 bits per heavy atom. The van der Waals surface area contributed by atoms with E-state index in [0.29, 0.717) is 22.3 Å². The molecular weight excluding hydrogens is 807 g/mol. The van der Waals surface area contributed by atoms with Gasteiger partial charge in [-0.05, 0) is 239 Å². The molecule has 312 valence electrons. The summed E-state index contributed by atoms with van der Waals surface area (Å²) in [4.78, 5) is 0. The number of hydrogen-bond acceptors (Lipinski definition) is 2. The highest BCUT2D eigenvalue weighted by Crippen LogP contribution is 2.66. The van der Waals surface area contributed by atoms with E-state index in [1.54, 1.807) is 5.56 Å². The Kier molecular flexibility index (Phi) is 13.5. The molecule has 0 radical (unpaired) electrons. The van der Waals surface area contributed by atoms with Crippen molar-refractivity contribution >= 4 is 22.6 Å². The molecule has 5 saturated carbocycles. The number of fused-ring (bicyclic) bond motifs is 10. The maximum Gasteiger partial charge on any atom is 0.115 e. The molecule has 2 aromatic rings. The minimum absolute atomic E-state index is 0.431. The Morgan fingerprint density at radius 1 is 0.649 bits per heavy atom. The molecule has 7 aliphatic carbocycles. The van der Waals surface area contributed by atoms with Crippen molar-refractivity contribution in [3.05, 3.63) is 93.1 Å². The van der Waals surface area contributed by atoms with Crippen LogP contribution < -0.4 is 0 Å². The maximum absolute atomic E-state index is 9.81. The van der Waals surface area contributed by atoms with E-state index in [-0.39, 0.29) is 0 Å². The van der Waals surface area contributed by atoms with Crippen LogP contribution in [0.25, 0.3) is 0 Å². The van der Waals surface area contributed by atoms with Gasteiger partial charge in [0, 0.05) is 0 Å². The van der Waals surface area contributed by atoms with Crippen molar-refractivity contribution in [3.63, 3.8) is 0 Å². The van der Waals surface area contributed by atoms with Crippen LogP contribution in [0.3, 0.4) is 0 Å². The molecule has 2 N–H and O–H groups in total. The fraction of sp³-hybridized carbons (Fsp3) is 0.667. The standard InChI is InChI=1S/C23H32O.C20H25IO.C11H20/c1-4-5-15(2)21-10-11-22-20-8-6-16-14-17(24)7-9-18(16)19(20)12-13-23(21,22)3;1-12(21)18-7-8-19-17-5-3-13-11-14(22)4-6-15(13)16(17)9-10-20(18,19)2;1-4-6-9(2)11-8-5-7-10(11)3/h7,9,14,19-22,24H,2,4-6,8,10-13H2,1,3H3;4,6,11,16-19,22H,1,3,5,7-10H2,2H3;10-11H,2,4-8H2,1,3H3/t19?,20?,21-,22?,23-;16?,17?,18-,19?,20-;10-,11-/m111/s1. The van der Waals surface area contributed by atoms with Crippen LogP contribution in [0, 0.1) is 58.2 Å². The number of benzene rings is 2. The van der Waals surface area contributed by atoms with Crippen molar-refractivity contribution < 1.29 is 10.2 Å². The molecule has 3 heteroatoms. The Labute approximate surface area is 362 Å². The lowest BCUT2D eigenvalue weighted by Crippen LogP contribution is -2.42. The van der Waals surface area contributed by atoms with Gasteiger partial charge in [0.15, 0.2) is 0 Å². The number of halogens is 1. The molecule has 0 aliphatic heterocycles. The zero-order valence-electron chi connectivity index (χ0n) is 36.6. The van der Waals surface area contributed by atoms with E-state index in [9.17, 15) is 10.2 Å². The summed E-state index contributed by atoms with van der Waals surface area (Å²) in [6, 6.07) is 12.2. The zero-order chi connectivity index (χ0) is 40.6. The first-order valence-electron chi connectivity index (χ1n) is 23.6. The van der Waals surface area contributed by atoms with E-state index < -0.39 is 0 Å². The van der Waals surface area contributed by atoms with Crippen LogP contribution in [0.15, 0.2) is 70.9 Å². The van der Waals surface area contributed by atoms with E-state index in [1.165, 1.54) is 141 Å². The van der Waals surface area contributed by atoms with Crippen LogP contribution in [-0.4, -0.2) is 10.2 Å². The Balaban J connectivity index is 0.000000140. The molecule has 0 bridgehead atoms. The predicted octanol–water partition coefficient (Wildman–Crippen LogP) is 15.8. The molecule has 2 aromatic carbocycles. The number of rotatable bonds is 7. The van der Waals surface area contributed by atoms with Crippen LogP contribution in [0.1, 0.15) is 178 Å². The second-order valence-corrected chi connectivity index (χ2v) is 22.1. The minimum atomic E-state index is 0.431. The number of hydrogen-bond donors (Lipinski definition) is 2. The van der Waals surface area contributed by atoms with Gasteiger partial charge in [-0.2, -0.15) is 0 Å². The lowest BCUT2D eigenvalue weighted by atomic mass is 9.53. The summed E-state index contributed by atoms with van der Waals surface area (Å²) < 4.78 is 1.38. The summed E-state index contributed by atoms with van der Waals surface area (Å²) in [6.07, 6.45) is 25.0. The van der Waals surface area contributed by atoms with Crippen LogP contribution in [0.2, 0.25) is 0 Å². The Hall–Kier alpha value is -2.01. The van der Waals surface area contributed by atoms with Crippen molar-refractivity contribution in [2.75, 3.05) is 0 Å².